The summed E-state index contributed by atoms with van der Waals surface area (Å²) in [6.07, 6.45) is 6.72. The molecule has 17 heavy (non-hydrogen) atoms. The van der Waals surface area contributed by atoms with Crippen LogP contribution in [0.25, 0.3) is 0 Å². The van der Waals surface area contributed by atoms with Gasteiger partial charge in [0.25, 0.3) is 0 Å². The van der Waals surface area contributed by atoms with Crippen LogP contribution in [0.3, 0.4) is 0 Å². The summed E-state index contributed by atoms with van der Waals surface area (Å²) in [4.78, 5) is 0. The van der Waals surface area contributed by atoms with Gasteiger partial charge in [0.1, 0.15) is 0 Å². The highest BCUT2D eigenvalue weighted by Gasteiger charge is 2.36. The molecule has 0 saturated heterocycles. The molecule has 0 bridgehead atoms. The second kappa shape index (κ2) is 7.55. The zero-order chi connectivity index (χ0) is 12.7. The van der Waals surface area contributed by atoms with E-state index in [-0.39, 0.29) is 0 Å². The molecule has 1 aliphatic carbocycles. The van der Waals surface area contributed by atoms with E-state index in [2.05, 4.69) is 27.7 Å². The lowest BCUT2D eigenvalue weighted by atomic mass is 9.89. The highest BCUT2D eigenvalue weighted by molar-refractivity contribution is 6.67. The number of hydrogen-bond acceptors (Lipinski definition) is 2. The zero-order valence-electron chi connectivity index (χ0n) is 12.1. The van der Waals surface area contributed by atoms with Crippen molar-refractivity contribution in [3.8, 4) is 0 Å². The van der Waals surface area contributed by atoms with Crippen molar-refractivity contribution in [2.45, 2.75) is 78.0 Å². The van der Waals surface area contributed by atoms with Crippen LogP contribution in [0.5, 0.6) is 0 Å². The molecule has 0 aromatic rings. The minimum atomic E-state index is -1.87. The molecule has 0 heterocycles. The topological polar surface area (TPSA) is 18.5 Å². The van der Waals surface area contributed by atoms with Crippen LogP contribution < -0.4 is 0 Å². The predicted molar refractivity (Wildman–Crippen MR) is 75.5 cm³/mol. The monoisotopic (exact) mass is 258 g/mol. The fourth-order valence-corrected chi connectivity index (χ4v) is 5.32. The molecule has 0 aliphatic heterocycles. The maximum atomic E-state index is 6.44. The quantitative estimate of drug-likeness (QED) is 0.626. The van der Waals surface area contributed by atoms with E-state index in [1.807, 2.05) is 0 Å². The third kappa shape index (κ3) is 4.72. The summed E-state index contributed by atoms with van der Waals surface area (Å²) in [6, 6.07) is 2.19. The molecular weight excluding hydrogens is 228 g/mol. The summed E-state index contributed by atoms with van der Waals surface area (Å²) in [6.45, 7) is 9.87. The van der Waals surface area contributed by atoms with Gasteiger partial charge in [-0.25, -0.2) is 0 Å². The van der Waals surface area contributed by atoms with Crippen LogP contribution in [0.1, 0.15) is 59.8 Å². The Bertz CT molecular complexity index is 196. The Morgan fingerprint density at radius 1 is 1.00 bits per heavy atom. The first-order valence-corrected chi connectivity index (χ1v) is 9.70. The Morgan fingerprint density at radius 3 is 2.06 bits per heavy atom. The van der Waals surface area contributed by atoms with E-state index in [0.717, 1.165) is 31.0 Å². The van der Waals surface area contributed by atoms with Crippen molar-refractivity contribution < 1.29 is 8.85 Å². The number of hydrogen-bond donors (Lipinski definition) is 0. The van der Waals surface area contributed by atoms with E-state index in [0.29, 0.717) is 6.10 Å². The Balaban J connectivity index is 2.47. The zero-order valence-corrected chi connectivity index (χ0v) is 13.1. The first kappa shape index (κ1) is 15.2. The van der Waals surface area contributed by atoms with Gasteiger partial charge in [0.15, 0.2) is 0 Å². The lowest BCUT2D eigenvalue weighted by molar-refractivity contribution is 0.0765. The Morgan fingerprint density at radius 2 is 1.59 bits per heavy atom. The maximum Gasteiger partial charge on any atom is 0.337 e. The average Bonchev–Trinajstić information content (AvgIpc) is 2.37. The van der Waals surface area contributed by atoms with Gasteiger partial charge >= 0.3 is 8.56 Å². The minimum absolute atomic E-state index is 0.481. The summed E-state index contributed by atoms with van der Waals surface area (Å²) in [5.74, 6) is 0.894. The van der Waals surface area contributed by atoms with E-state index >= 15 is 0 Å². The van der Waals surface area contributed by atoms with Gasteiger partial charge in [0.2, 0.25) is 0 Å². The van der Waals surface area contributed by atoms with E-state index in [1.54, 1.807) is 0 Å². The molecule has 1 fully saturated rings. The summed E-state index contributed by atoms with van der Waals surface area (Å²) < 4.78 is 12.6. The van der Waals surface area contributed by atoms with Crippen molar-refractivity contribution >= 4 is 8.56 Å². The van der Waals surface area contributed by atoms with Crippen molar-refractivity contribution in [1.29, 1.82) is 0 Å². The largest absolute Gasteiger partial charge is 0.394 e. The third-order valence-electron chi connectivity index (χ3n) is 3.99. The van der Waals surface area contributed by atoms with Crippen molar-refractivity contribution in [2.24, 2.45) is 5.92 Å². The molecule has 1 aliphatic rings. The fourth-order valence-electron chi connectivity index (χ4n) is 2.59. The normalized spacial score (nSPS) is 26.1. The van der Waals surface area contributed by atoms with E-state index in [9.17, 15) is 0 Å². The van der Waals surface area contributed by atoms with Crippen LogP contribution in [0.15, 0.2) is 0 Å². The summed E-state index contributed by atoms with van der Waals surface area (Å²) in [5.41, 5.74) is 0. The van der Waals surface area contributed by atoms with Gasteiger partial charge < -0.3 is 8.85 Å². The Labute approximate surface area is 108 Å². The average molecular weight is 258 g/mol. The number of rotatable bonds is 7. The van der Waals surface area contributed by atoms with Gasteiger partial charge in [-0.3, -0.25) is 0 Å². The van der Waals surface area contributed by atoms with E-state index in [4.69, 9.17) is 8.85 Å². The van der Waals surface area contributed by atoms with E-state index < -0.39 is 8.56 Å². The van der Waals surface area contributed by atoms with Crippen molar-refractivity contribution in [2.75, 3.05) is 6.61 Å². The van der Waals surface area contributed by atoms with Crippen molar-refractivity contribution in [3.63, 3.8) is 0 Å². The summed E-state index contributed by atoms with van der Waals surface area (Å²) in [5, 5.41) is 0. The summed E-state index contributed by atoms with van der Waals surface area (Å²) in [7, 11) is -1.87. The van der Waals surface area contributed by atoms with E-state index in [1.165, 1.54) is 25.7 Å². The van der Waals surface area contributed by atoms with Crippen LogP contribution in [-0.2, 0) is 8.85 Å². The molecule has 1 saturated carbocycles. The molecular formula is C14H30O2Si. The Kier molecular flexibility index (Phi) is 6.74. The maximum absolute atomic E-state index is 6.44. The second-order valence-corrected chi connectivity index (χ2v) is 9.23. The SMILES string of the molecule is CCCO[Si](CC)(CC)OC1CCC(C)CC1. The van der Waals surface area contributed by atoms with Gasteiger partial charge in [0, 0.05) is 12.7 Å². The van der Waals surface area contributed by atoms with Gasteiger partial charge in [-0.2, -0.15) is 0 Å². The molecule has 0 spiro atoms. The third-order valence-corrected chi connectivity index (χ3v) is 7.64. The highest BCUT2D eigenvalue weighted by atomic mass is 28.4. The van der Waals surface area contributed by atoms with Crippen LogP contribution >= 0.6 is 0 Å². The fraction of sp³-hybridized carbons (Fsp3) is 1.00. The van der Waals surface area contributed by atoms with Gasteiger partial charge in [0.05, 0.1) is 0 Å². The van der Waals surface area contributed by atoms with Crippen LogP contribution in [0, 0.1) is 5.92 Å². The van der Waals surface area contributed by atoms with Crippen molar-refractivity contribution in [3.05, 3.63) is 0 Å². The molecule has 1 rings (SSSR count). The van der Waals surface area contributed by atoms with Crippen LogP contribution in [0.4, 0.5) is 0 Å². The molecule has 3 heteroatoms. The molecule has 0 aromatic heterocycles. The van der Waals surface area contributed by atoms with Crippen LogP contribution in [-0.4, -0.2) is 21.3 Å². The second-order valence-electron chi connectivity index (χ2n) is 5.47. The molecule has 0 aromatic carbocycles. The van der Waals surface area contributed by atoms with Crippen LogP contribution in [0.2, 0.25) is 12.1 Å². The van der Waals surface area contributed by atoms with Gasteiger partial charge in [-0.15, -0.1) is 0 Å². The molecule has 102 valence electrons. The molecule has 0 amide bonds. The van der Waals surface area contributed by atoms with Gasteiger partial charge in [-0.05, 0) is 50.1 Å². The smallest absolute Gasteiger partial charge is 0.337 e. The standard InChI is InChI=1S/C14H30O2Si/c1-5-12-15-17(6-2,7-3)16-14-10-8-13(4)9-11-14/h13-14H,5-12H2,1-4H3. The predicted octanol–water partition coefficient (Wildman–Crippen LogP) is 4.49. The minimum Gasteiger partial charge on any atom is -0.394 e. The van der Waals surface area contributed by atoms with Gasteiger partial charge in [-0.1, -0.05) is 27.7 Å². The molecule has 0 unspecified atom stereocenters. The summed E-state index contributed by atoms with van der Waals surface area (Å²) >= 11 is 0. The molecule has 0 N–H and O–H groups in total. The highest BCUT2D eigenvalue weighted by Crippen LogP contribution is 2.30. The first-order valence-electron chi connectivity index (χ1n) is 7.47. The molecule has 2 nitrogen and oxygen atoms in total. The molecule has 0 atom stereocenters. The first-order chi connectivity index (χ1) is 8.15. The Hall–Kier alpha value is 0.137. The lowest BCUT2D eigenvalue weighted by Gasteiger charge is -2.36. The molecule has 0 radical (unpaired) electrons. The lowest BCUT2D eigenvalue weighted by Crippen LogP contribution is -2.45. The van der Waals surface area contributed by atoms with Crippen molar-refractivity contribution in [1.82, 2.24) is 0 Å².